The van der Waals surface area contributed by atoms with Gasteiger partial charge in [0.2, 0.25) is 0 Å². The van der Waals surface area contributed by atoms with Crippen molar-refractivity contribution in [1.82, 2.24) is 10.2 Å². The van der Waals surface area contributed by atoms with Gasteiger partial charge in [-0.05, 0) is 31.7 Å². The third kappa shape index (κ3) is 2.94. The van der Waals surface area contributed by atoms with E-state index in [0.717, 1.165) is 31.1 Å². The van der Waals surface area contributed by atoms with Gasteiger partial charge < -0.3 is 19.7 Å². The van der Waals surface area contributed by atoms with Crippen LogP contribution in [-0.2, 0) is 0 Å². The summed E-state index contributed by atoms with van der Waals surface area (Å²) in [6.07, 6.45) is 0. The molecule has 0 amide bonds. The van der Waals surface area contributed by atoms with Crippen molar-refractivity contribution in [3.8, 4) is 11.5 Å². The van der Waals surface area contributed by atoms with Crippen LogP contribution >= 0.6 is 0 Å². The summed E-state index contributed by atoms with van der Waals surface area (Å²) < 4.78 is 10.9. The van der Waals surface area contributed by atoms with Gasteiger partial charge in [-0.3, -0.25) is 0 Å². The van der Waals surface area contributed by atoms with Crippen molar-refractivity contribution in [2.75, 3.05) is 40.4 Å². The van der Waals surface area contributed by atoms with E-state index in [1.807, 2.05) is 13.0 Å². The second-order valence-corrected chi connectivity index (χ2v) is 4.61. The molecule has 1 saturated heterocycles. The van der Waals surface area contributed by atoms with E-state index < -0.39 is 0 Å². The van der Waals surface area contributed by atoms with Crippen molar-refractivity contribution in [1.29, 1.82) is 0 Å². The van der Waals surface area contributed by atoms with Crippen LogP contribution < -0.4 is 14.8 Å². The minimum Gasteiger partial charge on any atom is -0.493 e. The van der Waals surface area contributed by atoms with Crippen molar-refractivity contribution in [3.05, 3.63) is 23.8 Å². The third-order valence-corrected chi connectivity index (χ3v) is 3.27. The van der Waals surface area contributed by atoms with E-state index in [2.05, 4.69) is 29.4 Å². The third-order valence-electron chi connectivity index (χ3n) is 3.27. The van der Waals surface area contributed by atoms with Gasteiger partial charge in [-0.25, -0.2) is 0 Å². The van der Waals surface area contributed by atoms with Gasteiger partial charge in [0.25, 0.3) is 0 Å². The maximum atomic E-state index is 5.62. The Hall–Kier alpha value is -1.26. The van der Waals surface area contributed by atoms with Gasteiger partial charge in [-0.2, -0.15) is 0 Å². The number of benzene rings is 1. The van der Waals surface area contributed by atoms with E-state index in [9.17, 15) is 0 Å². The van der Waals surface area contributed by atoms with Gasteiger partial charge in [0.15, 0.2) is 11.5 Å². The molecule has 18 heavy (non-hydrogen) atoms. The Kier molecular flexibility index (Phi) is 4.44. The minimum absolute atomic E-state index is 0.369. The number of nitrogens with one attached hydrogen (secondary N) is 1. The van der Waals surface area contributed by atoms with E-state index in [4.69, 9.17) is 9.47 Å². The Balaban J connectivity index is 2.19. The fourth-order valence-electron chi connectivity index (χ4n) is 2.30. The van der Waals surface area contributed by atoms with Gasteiger partial charge in [-0.1, -0.05) is 6.07 Å². The van der Waals surface area contributed by atoms with Gasteiger partial charge in [0, 0.05) is 25.7 Å². The largest absolute Gasteiger partial charge is 0.493 e. The van der Waals surface area contributed by atoms with Gasteiger partial charge >= 0.3 is 0 Å². The topological polar surface area (TPSA) is 33.7 Å². The molecule has 0 aromatic heterocycles. The molecule has 0 bridgehead atoms. The molecular weight excluding hydrogens is 228 g/mol. The Labute approximate surface area is 109 Å². The zero-order chi connectivity index (χ0) is 13.0. The normalized spacial score (nSPS) is 20.7. The van der Waals surface area contributed by atoms with Crippen LogP contribution in [0.15, 0.2) is 18.2 Å². The van der Waals surface area contributed by atoms with Crippen molar-refractivity contribution in [2.45, 2.75) is 13.0 Å². The second-order valence-electron chi connectivity index (χ2n) is 4.61. The monoisotopic (exact) mass is 250 g/mol. The summed E-state index contributed by atoms with van der Waals surface area (Å²) in [4.78, 5) is 2.34. The molecule has 0 aliphatic carbocycles. The van der Waals surface area contributed by atoms with Crippen LogP contribution in [0.5, 0.6) is 11.5 Å². The van der Waals surface area contributed by atoms with Gasteiger partial charge in [0.1, 0.15) is 0 Å². The SMILES string of the molecule is CCOc1cc(C2CN(C)CCN2)ccc1OC. The van der Waals surface area contributed by atoms with Crippen LogP contribution in [-0.4, -0.2) is 45.3 Å². The molecule has 1 aliphatic heterocycles. The summed E-state index contributed by atoms with van der Waals surface area (Å²) in [5.41, 5.74) is 1.26. The Morgan fingerprint density at radius 1 is 1.39 bits per heavy atom. The molecule has 0 radical (unpaired) electrons. The molecule has 1 atom stereocenters. The lowest BCUT2D eigenvalue weighted by Gasteiger charge is -2.31. The average molecular weight is 250 g/mol. The number of likely N-dealkylation sites (N-methyl/N-ethyl adjacent to an activating group) is 1. The van der Waals surface area contributed by atoms with Crippen LogP contribution in [0, 0.1) is 0 Å². The summed E-state index contributed by atoms with van der Waals surface area (Å²) in [5, 5.41) is 3.53. The number of hydrogen-bond acceptors (Lipinski definition) is 4. The molecule has 1 aliphatic rings. The number of piperazine rings is 1. The maximum Gasteiger partial charge on any atom is 0.161 e. The Bertz CT molecular complexity index is 395. The standard InChI is InChI=1S/C14H22N2O2/c1-4-18-14-9-11(5-6-13(14)17-3)12-10-16(2)8-7-15-12/h5-6,9,12,15H,4,7-8,10H2,1-3H3. The number of rotatable bonds is 4. The van der Waals surface area contributed by atoms with E-state index in [1.54, 1.807) is 7.11 Å². The van der Waals surface area contributed by atoms with Crippen molar-refractivity contribution in [2.24, 2.45) is 0 Å². The maximum absolute atomic E-state index is 5.62. The highest BCUT2D eigenvalue weighted by molar-refractivity contribution is 5.44. The molecule has 0 saturated carbocycles. The number of ether oxygens (including phenoxy) is 2. The zero-order valence-corrected chi connectivity index (χ0v) is 11.4. The summed E-state index contributed by atoms with van der Waals surface area (Å²) in [7, 11) is 3.82. The average Bonchev–Trinajstić information content (AvgIpc) is 2.39. The first-order valence-electron chi connectivity index (χ1n) is 6.47. The molecule has 1 aromatic rings. The summed E-state index contributed by atoms with van der Waals surface area (Å²) in [6.45, 7) is 5.79. The highest BCUT2D eigenvalue weighted by Gasteiger charge is 2.19. The van der Waals surface area contributed by atoms with Crippen molar-refractivity contribution in [3.63, 3.8) is 0 Å². The Morgan fingerprint density at radius 2 is 2.22 bits per heavy atom. The smallest absolute Gasteiger partial charge is 0.161 e. The van der Waals surface area contributed by atoms with E-state index in [0.29, 0.717) is 12.6 Å². The van der Waals surface area contributed by atoms with Crippen LogP contribution in [0.25, 0.3) is 0 Å². The van der Waals surface area contributed by atoms with Crippen LogP contribution in [0.2, 0.25) is 0 Å². The first kappa shape index (κ1) is 13.2. The van der Waals surface area contributed by atoms with Crippen molar-refractivity contribution >= 4 is 0 Å². The van der Waals surface area contributed by atoms with Crippen molar-refractivity contribution < 1.29 is 9.47 Å². The van der Waals surface area contributed by atoms with Crippen LogP contribution in [0.4, 0.5) is 0 Å². The molecule has 1 unspecified atom stereocenters. The Morgan fingerprint density at radius 3 is 2.89 bits per heavy atom. The molecule has 1 fully saturated rings. The highest BCUT2D eigenvalue weighted by Crippen LogP contribution is 2.30. The molecule has 1 heterocycles. The molecular formula is C14H22N2O2. The van der Waals surface area contributed by atoms with E-state index >= 15 is 0 Å². The molecule has 100 valence electrons. The second kappa shape index (κ2) is 6.07. The summed E-state index contributed by atoms with van der Waals surface area (Å²) in [5.74, 6) is 1.62. The first-order valence-corrected chi connectivity index (χ1v) is 6.47. The molecule has 4 nitrogen and oxygen atoms in total. The van der Waals surface area contributed by atoms with Crippen LogP contribution in [0.1, 0.15) is 18.5 Å². The van der Waals surface area contributed by atoms with Gasteiger partial charge in [0.05, 0.1) is 13.7 Å². The zero-order valence-electron chi connectivity index (χ0n) is 11.4. The van der Waals surface area contributed by atoms with E-state index in [1.165, 1.54) is 5.56 Å². The lowest BCUT2D eigenvalue weighted by molar-refractivity contribution is 0.240. The number of methoxy groups -OCH3 is 1. The minimum atomic E-state index is 0.369. The number of nitrogens with zero attached hydrogens (tertiary/aromatic N) is 1. The highest BCUT2D eigenvalue weighted by atomic mass is 16.5. The summed E-state index contributed by atoms with van der Waals surface area (Å²) in [6, 6.07) is 6.54. The molecule has 0 spiro atoms. The lowest BCUT2D eigenvalue weighted by Crippen LogP contribution is -2.43. The lowest BCUT2D eigenvalue weighted by atomic mass is 10.0. The quantitative estimate of drug-likeness (QED) is 0.881. The van der Waals surface area contributed by atoms with Gasteiger partial charge in [-0.15, -0.1) is 0 Å². The fraction of sp³-hybridized carbons (Fsp3) is 0.571. The summed E-state index contributed by atoms with van der Waals surface area (Å²) >= 11 is 0. The fourth-order valence-corrected chi connectivity index (χ4v) is 2.30. The molecule has 1 aromatic carbocycles. The predicted octanol–water partition coefficient (Wildman–Crippen LogP) is 1.67. The molecule has 1 N–H and O–H groups in total. The molecule has 2 rings (SSSR count). The van der Waals surface area contributed by atoms with E-state index in [-0.39, 0.29) is 0 Å². The first-order chi connectivity index (χ1) is 8.74. The van der Waals surface area contributed by atoms with Crippen LogP contribution in [0.3, 0.4) is 0 Å². The molecule has 4 heteroatoms. The predicted molar refractivity (Wildman–Crippen MR) is 72.4 cm³/mol. The number of hydrogen-bond donors (Lipinski definition) is 1.